The van der Waals surface area contributed by atoms with Gasteiger partial charge in [0.05, 0.1) is 16.8 Å². The second kappa shape index (κ2) is 8.45. The van der Waals surface area contributed by atoms with Crippen molar-refractivity contribution in [2.24, 2.45) is 0 Å². The zero-order valence-corrected chi connectivity index (χ0v) is 14.9. The molecule has 0 spiro atoms. The van der Waals surface area contributed by atoms with Crippen molar-refractivity contribution in [2.75, 3.05) is 10.6 Å². The number of hydrogen-bond donors (Lipinski definition) is 2. The van der Waals surface area contributed by atoms with Gasteiger partial charge >= 0.3 is 12.4 Å². The minimum Gasteiger partial charge on any atom is -0.360 e. The second-order valence-electron chi connectivity index (χ2n) is 5.53. The van der Waals surface area contributed by atoms with Crippen molar-refractivity contribution in [3.05, 3.63) is 70.4 Å². The average molecular weight is 434 g/mol. The Bertz CT molecular complexity index is 992. The Morgan fingerprint density at radius 2 is 1.72 bits per heavy atom. The van der Waals surface area contributed by atoms with E-state index in [1.165, 1.54) is 12.1 Å². The summed E-state index contributed by atoms with van der Waals surface area (Å²) in [6, 6.07) is 7.95. The largest absolute Gasteiger partial charge is 0.418 e. The van der Waals surface area contributed by atoms with Crippen molar-refractivity contribution < 1.29 is 31.1 Å². The summed E-state index contributed by atoms with van der Waals surface area (Å²) < 4.78 is 77.3. The van der Waals surface area contributed by atoms with E-state index in [-0.39, 0.29) is 10.7 Å². The number of carbonyl (C=O) groups is 1. The summed E-state index contributed by atoms with van der Waals surface area (Å²) in [5, 5.41) is 13.2. The van der Waals surface area contributed by atoms with Crippen molar-refractivity contribution in [1.82, 2.24) is 0 Å². The van der Waals surface area contributed by atoms with Crippen LogP contribution in [0, 0.1) is 11.3 Å². The van der Waals surface area contributed by atoms with E-state index in [0.29, 0.717) is 18.3 Å². The van der Waals surface area contributed by atoms with Gasteiger partial charge in [0.1, 0.15) is 11.6 Å². The van der Waals surface area contributed by atoms with Crippen molar-refractivity contribution in [3.8, 4) is 6.07 Å². The third-order valence-electron chi connectivity index (χ3n) is 3.47. The molecule has 29 heavy (non-hydrogen) atoms. The number of hydrogen-bond acceptors (Lipinski definition) is 3. The van der Waals surface area contributed by atoms with Gasteiger partial charge in [0, 0.05) is 16.9 Å². The van der Waals surface area contributed by atoms with E-state index < -0.39 is 40.6 Å². The Kier molecular flexibility index (Phi) is 6.44. The molecule has 0 bridgehead atoms. The van der Waals surface area contributed by atoms with E-state index in [2.05, 4.69) is 10.6 Å². The highest BCUT2D eigenvalue weighted by Crippen LogP contribution is 2.36. The molecule has 0 aromatic heterocycles. The first-order valence-corrected chi connectivity index (χ1v) is 8.02. The predicted molar refractivity (Wildman–Crippen MR) is 93.8 cm³/mol. The van der Waals surface area contributed by atoms with E-state index in [1.807, 2.05) is 0 Å². The first kappa shape index (κ1) is 22.1. The van der Waals surface area contributed by atoms with Crippen molar-refractivity contribution >= 4 is 28.9 Å². The normalized spacial score (nSPS) is 12.3. The molecule has 0 radical (unpaired) electrons. The number of nitriles is 1. The summed E-state index contributed by atoms with van der Waals surface area (Å²) >= 11 is 5.56. The Morgan fingerprint density at radius 3 is 2.31 bits per heavy atom. The van der Waals surface area contributed by atoms with Gasteiger partial charge in [0.25, 0.3) is 5.91 Å². The van der Waals surface area contributed by atoms with Crippen LogP contribution in [0.1, 0.15) is 11.1 Å². The lowest BCUT2D eigenvalue weighted by Gasteiger charge is -2.13. The molecule has 0 saturated heterocycles. The number of nitrogens with one attached hydrogen (secondary N) is 2. The van der Waals surface area contributed by atoms with Crippen LogP contribution in [0.5, 0.6) is 0 Å². The molecule has 152 valence electrons. The van der Waals surface area contributed by atoms with Gasteiger partial charge in [-0.2, -0.15) is 31.6 Å². The second-order valence-corrected chi connectivity index (χ2v) is 5.97. The van der Waals surface area contributed by atoms with Crippen LogP contribution >= 0.6 is 11.6 Å². The zero-order valence-electron chi connectivity index (χ0n) is 14.1. The van der Waals surface area contributed by atoms with Crippen LogP contribution in [0.15, 0.2) is 54.2 Å². The summed E-state index contributed by atoms with van der Waals surface area (Å²) in [5.41, 5.74) is -3.52. The lowest BCUT2D eigenvalue weighted by atomic mass is 10.1. The number of anilines is 2. The SMILES string of the molecule is N#C/C(=C/Nc1ccc(Cl)cc1C(F)(F)F)C(=O)Nc1cccc(C(F)(F)F)c1. The van der Waals surface area contributed by atoms with Gasteiger partial charge < -0.3 is 10.6 Å². The van der Waals surface area contributed by atoms with Gasteiger partial charge in [0.2, 0.25) is 0 Å². The summed E-state index contributed by atoms with van der Waals surface area (Å²) in [4.78, 5) is 12.1. The molecule has 0 aliphatic carbocycles. The number of rotatable bonds is 4. The smallest absolute Gasteiger partial charge is 0.360 e. The molecule has 1 amide bonds. The standard InChI is InChI=1S/C18H10ClF6N3O/c19-12-4-5-15(14(7-12)18(23,24)25)27-9-10(8-26)16(29)28-13-3-1-2-11(6-13)17(20,21)22/h1-7,9,27H,(H,28,29)/b10-9-. The van der Waals surface area contributed by atoms with Gasteiger partial charge in [-0.1, -0.05) is 17.7 Å². The van der Waals surface area contributed by atoms with Crippen LogP contribution in [0.4, 0.5) is 37.7 Å². The fourth-order valence-corrected chi connectivity index (χ4v) is 2.32. The third-order valence-corrected chi connectivity index (χ3v) is 3.71. The first-order chi connectivity index (χ1) is 13.4. The summed E-state index contributed by atoms with van der Waals surface area (Å²) in [6.07, 6.45) is -8.69. The molecule has 2 N–H and O–H groups in total. The number of alkyl halides is 6. The quantitative estimate of drug-likeness (QED) is 0.362. The predicted octanol–water partition coefficient (Wildman–Crippen LogP) is 5.84. The van der Waals surface area contributed by atoms with Crippen LogP contribution in [0.3, 0.4) is 0 Å². The minimum atomic E-state index is -4.76. The lowest BCUT2D eigenvalue weighted by molar-refractivity contribution is -0.138. The molecule has 0 saturated carbocycles. The van der Waals surface area contributed by atoms with Crippen molar-refractivity contribution in [3.63, 3.8) is 0 Å². The summed E-state index contributed by atoms with van der Waals surface area (Å²) in [6.45, 7) is 0. The molecule has 11 heteroatoms. The highest BCUT2D eigenvalue weighted by molar-refractivity contribution is 6.30. The molecule has 2 rings (SSSR count). The first-order valence-electron chi connectivity index (χ1n) is 7.64. The number of nitrogens with zero attached hydrogens (tertiary/aromatic N) is 1. The molecular weight excluding hydrogens is 424 g/mol. The third kappa shape index (κ3) is 5.89. The Labute approximate surface area is 165 Å². The Morgan fingerprint density at radius 1 is 1.03 bits per heavy atom. The van der Waals surface area contributed by atoms with E-state index in [0.717, 1.165) is 24.3 Å². The monoisotopic (exact) mass is 433 g/mol. The maximum Gasteiger partial charge on any atom is 0.418 e. The molecule has 0 aliphatic rings. The van der Waals surface area contributed by atoms with E-state index in [1.54, 1.807) is 0 Å². The van der Waals surface area contributed by atoms with Crippen LogP contribution in [-0.4, -0.2) is 5.91 Å². The van der Waals surface area contributed by atoms with Crippen LogP contribution in [-0.2, 0) is 17.1 Å². The molecule has 0 unspecified atom stereocenters. The van der Waals surface area contributed by atoms with Crippen LogP contribution in [0.2, 0.25) is 5.02 Å². The van der Waals surface area contributed by atoms with Gasteiger partial charge in [-0.3, -0.25) is 4.79 Å². The van der Waals surface area contributed by atoms with Gasteiger partial charge in [0.15, 0.2) is 0 Å². The minimum absolute atomic E-state index is 0.172. The molecule has 4 nitrogen and oxygen atoms in total. The molecule has 0 atom stereocenters. The number of benzene rings is 2. The van der Waals surface area contributed by atoms with Gasteiger partial charge in [-0.25, -0.2) is 0 Å². The highest BCUT2D eigenvalue weighted by Gasteiger charge is 2.34. The van der Waals surface area contributed by atoms with Crippen LogP contribution in [0.25, 0.3) is 0 Å². The van der Waals surface area contributed by atoms with E-state index in [9.17, 15) is 31.1 Å². The maximum absolute atomic E-state index is 13.1. The maximum atomic E-state index is 13.1. The number of halogens is 7. The zero-order chi connectivity index (χ0) is 21.8. The van der Waals surface area contributed by atoms with Crippen molar-refractivity contribution in [2.45, 2.75) is 12.4 Å². The van der Waals surface area contributed by atoms with Gasteiger partial charge in [-0.15, -0.1) is 0 Å². The molecule has 0 heterocycles. The Hall–Kier alpha value is -3.19. The highest BCUT2D eigenvalue weighted by atomic mass is 35.5. The molecular formula is C18H10ClF6N3O. The van der Waals surface area contributed by atoms with Gasteiger partial charge in [-0.05, 0) is 36.4 Å². The lowest BCUT2D eigenvalue weighted by Crippen LogP contribution is -2.16. The molecule has 0 aliphatic heterocycles. The van der Waals surface area contributed by atoms with Crippen LogP contribution < -0.4 is 10.6 Å². The van der Waals surface area contributed by atoms with E-state index in [4.69, 9.17) is 16.9 Å². The summed E-state index contributed by atoms with van der Waals surface area (Å²) in [5.74, 6) is -1.11. The number of carbonyl (C=O) groups excluding carboxylic acids is 1. The van der Waals surface area contributed by atoms with E-state index >= 15 is 0 Å². The molecule has 2 aromatic rings. The summed E-state index contributed by atoms with van der Waals surface area (Å²) in [7, 11) is 0. The average Bonchev–Trinajstić information content (AvgIpc) is 2.62. The van der Waals surface area contributed by atoms with Crippen molar-refractivity contribution in [1.29, 1.82) is 5.26 Å². The fraction of sp³-hybridized carbons (Fsp3) is 0.111. The fourth-order valence-electron chi connectivity index (χ4n) is 2.15. The molecule has 0 fully saturated rings. The molecule has 2 aromatic carbocycles. The topological polar surface area (TPSA) is 64.9 Å². The number of amides is 1. The Balaban J connectivity index is 2.24.